The molecule has 0 saturated heterocycles. The molecule has 0 aliphatic heterocycles. The molecule has 0 bridgehead atoms. The fourth-order valence-electron chi connectivity index (χ4n) is 3.43. The molecule has 7 heteroatoms. The van der Waals surface area contributed by atoms with E-state index in [1.807, 2.05) is 18.5 Å². The maximum Gasteiger partial charge on any atom is 0.191 e. The molecular formula is C25H34IN5O. The van der Waals surface area contributed by atoms with Crippen molar-refractivity contribution in [2.75, 3.05) is 20.2 Å². The third-order valence-electron chi connectivity index (χ3n) is 5.19. The Hall–Kier alpha value is -2.55. The van der Waals surface area contributed by atoms with Gasteiger partial charge in [-0.2, -0.15) is 0 Å². The number of nitrogens with zero attached hydrogens (tertiary/aromatic N) is 3. The van der Waals surface area contributed by atoms with Crippen LogP contribution in [0.3, 0.4) is 0 Å². The maximum atomic E-state index is 5.43. The molecule has 0 radical (unpaired) electrons. The predicted molar refractivity (Wildman–Crippen MR) is 142 cm³/mol. The quantitative estimate of drug-likeness (QED) is 0.225. The third-order valence-corrected chi connectivity index (χ3v) is 5.19. The Bertz CT molecular complexity index is 971. The summed E-state index contributed by atoms with van der Waals surface area (Å²) in [6.45, 7) is 7.17. The Kier molecular flexibility index (Phi) is 11.1. The molecular weight excluding hydrogens is 513 g/mol. The van der Waals surface area contributed by atoms with Crippen LogP contribution in [0.15, 0.2) is 65.9 Å². The lowest BCUT2D eigenvalue weighted by Crippen LogP contribution is -2.38. The van der Waals surface area contributed by atoms with E-state index in [9.17, 15) is 0 Å². The van der Waals surface area contributed by atoms with Gasteiger partial charge in [-0.25, -0.2) is 9.98 Å². The average Bonchev–Trinajstić information content (AvgIpc) is 3.25. The van der Waals surface area contributed by atoms with Crippen molar-refractivity contribution in [2.24, 2.45) is 4.99 Å². The summed E-state index contributed by atoms with van der Waals surface area (Å²) < 4.78 is 7.60. The Balaban J connectivity index is 0.00000363. The number of benzene rings is 2. The molecule has 2 N–H and O–H groups in total. The fraction of sp³-hybridized carbons (Fsp3) is 0.360. The summed E-state index contributed by atoms with van der Waals surface area (Å²) in [6.07, 6.45) is 5.75. The highest BCUT2D eigenvalue weighted by atomic mass is 127. The summed E-state index contributed by atoms with van der Waals surface area (Å²) in [5.74, 6) is 2.70. The second kappa shape index (κ2) is 13.8. The smallest absolute Gasteiger partial charge is 0.191 e. The molecule has 1 aromatic heterocycles. The van der Waals surface area contributed by atoms with E-state index in [2.05, 4.69) is 76.5 Å². The molecule has 3 aromatic rings. The zero-order valence-electron chi connectivity index (χ0n) is 19.2. The van der Waals surface area contributed by atoms with Crippen LogP contribution >= 0.6 is 24.0 Å². The SMILES string of the molecule is CCNC(=NCc1nccn1CCc1ccccc1)NCCc1ccc(C)c(OC)c1.I. The summed E-state index contributed by atoms with van der Waals surface area (Å²) in [5, 5.41) is 6.74. The van der Waals surface area contributed by atoms with Crippen LogP contribution in [0.1, 0.15) is 29.4 Å². The van der Waals surface area contributed by atoms with Crippen LogP contribution in [-0.4, -0.2) is 35.7 Å². The molecule has 0 fully saturated rings. The van der Waals surface area contributed by atoms with Crippen molar-refractivity contribution in [3.8, 4) is 5.75 Å². The Morgan fingerprint density at radius 2 is 1.88 bits per heavy atom. The first-order valence-electron chi connectivity index (χ1n) is 10.9. The number of rotatable bonds is 10. The molecule has 0 aliphatic rings. The van der Waals surface area contributed by atoms with Gasteiger partial charge in [0.1, 0.15) is 18.1 Å². The summed E-state index contributed by atoms with van der Waals surface area (Å²) in [4.78, 5) is 9.24. The highest BCUT2D eigenvalue weighted by Gasteiger charge is 2.05. The van der Waals surface area contributed by atoms with E-state index >= 15 is 0 Å². The van der Waals surface area contributed by atoms with E-state index in [1.54, 1.807) is 7.11 Å². The molecule has 1 heterocycles. The number of hydrogen-bond donors (Lipinski definition) is 2. The second-order valence-electron chi connectivity index (χ2n) is 7.45. The summed E-state index contributed by atoms with van der Waals surface area (Å²) >= 11 is 0. The van der Waals surface area contributed by atoms with Gasteiger partial charge in [-0.1, -0.05) is 42.5 Å². The van der Waals surface area contributed by atoms with Crippen molar-refractivity contribution in [2.45, 2.75) is 39.8 Å². The molecule has 0 atom stereocenters. The number of methoxy groups -OCH3 is 1. The summed E-state index contributed by atoms with van der Waals surface area (Å²) in [5.41, 5.74) is 3.72. The van der Waals surface area contributed by atoms with Crippen molar-refractivity contribution in [3.05, 3.63) is 83.4 Å². The van der Waals surface area contributed by atoms with Gasteiger partial charge in [-0.05, 0) is 49.4 Å². The largest absolute Gasteiger partial charge is 0.496 e. The first kappa shape index (κ1) is 25.7. The van der Waals surface area contributed by atoms with Crippen LogP contribution in [0, 0.1) is 6.92 Å². The molecule has 2 aromatic carbocycles. The molecule has 0 spiro atoms. The fourth-order valence-corrected chi connectivity index (χ4v) is 3.43. The Morgan fingerprint density at radius 3 is 2.62 bits per heavy atom. The van der Waals surface area contributed by atoms with Crippen LogP contribution in [0.5, 0.6) is 5.75 Å². The monoisotopic (exact) mass is 547 g/mol. The van der Waals surface area contributed by atoms with Crippen molar-refractivity contribution in [3.63, 3.8) is 0 Å². The zero-order chi connectivity index (χ0) is 21.9. The molecule has 0 saturated carbocycles. The number of aliphatic imine (C=N–C) groups is 1. The number of ether oxygens (including phenoxy) is 1. The average molecular weight is 547 g/mol. The van der Waals surface area contributed by atoms with Crippen molar-refractivity contribution < 1.29 is 4.74 Å². The maximum absolute atomic E-state index is 5.43. The van der Waals surface area contributed by atoms with E-state index in [1.165, 1.54) is 11.1 Å². The highest BCUT2D eigenvalue weighted by Crippen LogP contribution is 2.19. The number of aryl methyl sites for hydroxylation is 3. The van der Waals surface area contributed by atoms with E-state index in [-0.39, 0.29) is 24.0 Å². The van der Waals surface area contributed by atoms with Gasteiger partial charge in [-0.15, -0.1) is 24.0 Å². The normalized spacial score (nSPS) is 11.0. The number of imidazole rings is 1. The van der Waals surface area contributed by atoms with Gasteiger partial charge in [0.2, 0.25) is 0 Å². The lowest BCUT2D eigenvalue weighted by Gasteiger charge is -2.13. The second-order valence-corrected chi connectivity index (χ2v) is 7.45. The van der Waals surface area contributed by atoms with E-state index < -0.39 is 0 Å². The number of hydrogen-bond acceptors (Lipinski definition) is 3. The highest BCUT2D eigenvalue weighted by molar-refractivity contribution is 14.0. The van der Waals surface area contributed by atoms with Crippen LogP contribution in [0.25, 0.3) is 0 Å². The lowest BCUT2D eigenvalue weighted by atomic mass is 10.1. The molecule has 3 rings (SSSR count). The molecule has 0 aliphatic carbocycles. The zero-order valence-corrected chi connectivity index (χ0v) is 21.5. The summed E-state index contributed by atoms with van der Waals surface area (Å²) in [6, 6.07) is 16.9. The molecule has 32 heavy (non-hydrogen) atoms. The van der Waals surface area contributed by atoms with E-state index in [4.69, 9.17) is 9.73 Å². The van der Waals surface area contributed by atoms with Crippen LogP contribution in [0.2, 0.25) is 0 Å². The van der Waals surface area contributed by atoms with Crippen LogP contribution < -0.4 is 15.4 Å². The first-order chi connectivity index (χ1) is 15.2. The van der Waals surface area contributed by atoms with Gasteiger partial charge in [0, 0.05) is 32.0 Å². The molecule has 6 nitrogen and oxygen atoms in total. The standard InChI is InChI=1S/C25H33N5O.HI/c1-4-26-25(28-14-12-22-11-10-20(2)23(18-22)31-3)29-19-24-27-15-17-30(24)16-13-21-8-6-5-7-9-21;/h5-11,15,17-18H,4,12-14,16,19H2,1-3H3,(H2,26,28,29);1H. The van der Waals surface area contributed by atoms with E-state index in [0.29, 0.717) is 6.54 Å². The number of guanidine groups is 1. The van der Waals surface area contributed by atoms with Gasteiger partial charge in [0.05, 0.1) is 7.11 Å². The number of aromatic nitrogens is 2. The molecule has 172 valence electrons. The van der Waals surface area contributed by atoms with Gasteiger partial charge in [0.15, 0.2) is 5.96 Å². The Labute approximate surface area is 208 Å². The van der Waals surface area contributed by atoms with Crippen molar-refractivity contribution in [1.82, 2.24) is 20.2 Å². The first-order valence-corrected chi connectivity index (χ1v) is 10.9. The van der Waals surface area contributed by atoms with E-state index in [0.717, 1.165) is 55.6 Å². The van der Waals surface area contributed by atoms with Crippen LogP contribution in [0.4, 0.5) is 0 Å². The summed E-state index contributed by atoms with van der Waals surface area (Å²) in [7, 11) is 1.71. The number of halogens is 1. The van der Waals surface area contributed by atoms with Crippen molar-refractivity contribution in [1.29, 1.82) is 0 Å². The minimum absolute atomic E-state index is 0. The minimum Gasteiger partial charge on any atom is -0.496 e. The minimum atomic E-state index is 0. The topological polar surface area (TPSA) is 63.5 Å². The molecule has 0 unspecified atom stereocenters. The third kappa shape index (κ3) is 7.85. The van der Waals surface area contributed by atoms with Crippen molar-refractivity contribution >= 4 is 29.9 Å². The molecule has 0 amide bonds. The van der Waals surface area contributed by atoms with Gasteiger partial charge >= 0.3 is 0 Å². The predicted octanol–water partition coefficient (Wildman–Crippen LogP) is 4.36. The van der Waals surface area contributed by atoms with Gasteiger partial charge in [-0.3, -0.25) is 0 Å². The lowest BCUT2D eigenvalue weighted by molar-refractivity contribution is 0.411. The Morgan fingerprint density at radius 1 is 1.06 bits per heavy atom. The van der Waals surface area contributed by atoms with Gasteiger partial charge in [0.25, 0.3) is 0 Å². The number of nitrogens with one attached hydrogen (secondary N) is 2. The van der Waals surface area contributed by atoms with Gasteiger partial charge < -0.3 is 19.9 Å². The van der Waals surface area contributed by atoms with Crippen LogP contribution in [-0.2, 0) is 25.9 Å².